The summed E-state index contributed by atoms with van der Waals surface area (Å²) in [6, 6.07) is 0.439. The highest BCUT2D eigenvalue weighted by atomic mass is 16.5. The van der Waals surface area contributed by atoms with E-state index in [0.29, 0.717) is 12.6 Å². The minimum Gasteiger partial charge on any atom is -0.380 e. The van der Waals surface area contributed by atoms with E-state index in [-0.39, 0.29) is 5.91 Å². The fraction of sp³-hybridized carbons (Fsp3) is 0.750. The van der Waals surface area contributed by atoms with Crippen molar-refractivity contribution in [2.45, 2.75) is 33.7 Å². The molecular weight excluding hydrogens is 294 g/mol. The predicted octanol–water partition coefficient (Wildman–Crippen LogP) is 1.01. The number of piperazine rings is 1. The van der Waals surface area contributed by atoms with Gasteiger partial charge in [-0.05, 0) is 27.7 Å². The van der Waals surface area contributed by atoms with Gasteiger partial charge in [-0.3, -0.25) is 19.7 Å². The second-order valence-electron chi connectivity index (χ2n) is 6.17. The summed E-state index contributed by atoms with van der Waals surface area (Å²) in [7, 11) is 0. The second-order valence-corrected chi connectivity index (χ2v) is 6.17. The lowest BCUT2D eigenvalue weighted by atomic mass is 10.2. The zero-order valence-electron chi connectivity index (χ0n) is 14.7. The first kappa shape index (κ1) is 17.9. The number of rotatable bonds is 7. The molecule has 23 heavy (non-hydrogen) atoms. The van der Waals surface area contributed by atoms with Gasteiger partial charge in [0.15, 0.2) is 0 Å². The van der Waals surface area contributed by atoms with Crippen molar-refractivity contribution in [3.8, 4) is 0 Å². The zero-order valence-corrected chi connectivity index (χ0v) is 14.7. The number of amides is 1. The second kappa shape index (κ2) is 8.42. The van der Waals surface area contributed by atoms with Crippen LogP contribution in [0.5, 0.6) is 0 Å². The Morgan fingerprint density at radius 3 is 2.83 bits per heavy atom. The van der Waals surface area contributed by atoms with Crippen LogP contribution in [0.25, 0.3) is 0 Å². The number of nitrogens with one attached hydrogen (secondary N) is 2. The minimum absolute atomic E-state index is 0.0209. The lowest BCUT2D eigenvalue weighted by molar-refractivity contribution is -0.118. The number of anilines is 1. The number of hydrogen-bond donors (Lipinski definition) is 2. The number of aryl methyl sites for hydroxylation is 2. The van der Waals surface area contributed by atoms with Crippen LogP contribution in [0.4, 0.5) is 5.69 Å². The van der Waals surface area contributed by atoms with Gasteiger partial charge in [0, 0.05) is 38.8 Å². The quantitative estimate of drug-likeness (QED) is 0.733. The summed E-state index contributed by atoms with van der Waals surface area (Å²) in [5, 5.41) is 9.95. The summed E-state index contributed by atoms with van der Waals surface area (Å²) in [6.45, 7) is 13.7. The normalized spacial score (nSPS) is 19.9. The van der Waals surface area contributed by atoms with E-state index < -0.39 is 0 Å². The van der Waals surface area contributed by atoms with Crippen molar-refractivity contribution in [3.05, 3.63) is 11.4 Å². The molecule has 0 bridgehead atoms. The molecule has 1 aliphatic heterocycles. The molecule has 7 nitrogen and oxygen atoms in total. The van der Waals surface area contributed by atoms with Crippen molar-refractivity contribution >= 4 is 11.6 Å². The number of carbonyl (C=O) groups is 1. The summed E-state index contributed by atoms with van der Waals surface area (Å²) in [6.07, 6.45) is 0. The Morgan fingerprint density at radius 1 is 1.43 bits per heavy atom. The number of H-pyrrole nitrogens is 1. The Balaban J connectivity index is 1.77. The number of aromatic amines is 1. The SMILES string of the molecule is CCOCCN1CCN(CC(=O)Nc2c(C)n[nH]c2C)CC1C. The molecule has 1 aromatic heterocycles. The third-order valence-electron chi connectivity index (χ3n) is 4.34. The number of carbonyl (C=O) groups excluding carboxylic acids is 1. The molecule has 2 rings (SSSR count). The van der Waals surface area contributed by atoms with Crippen molar-refractivity contribution in [2.75, 3.05) is 51.3 Å². The maximum absolute atomic E-state index is 12.3. The summed E-state index contributed by atoms with van der Waals surface area (Å²) in [5.41, 5.74) is 2.52. The first-order chi connectivity index (χ1) is 11.0. The highest BCUT2D eigenvalue weighted by Gasteiger charge is 2.24. The minimum atomic E-state index is 0.0209. The van der Waals surface area contributed by atoms with Crippen LogP contribution >= 0.6 is 0 Å². The molecule has 0 spiro atoms. The van der Waals surface area contributed by atoms with E-state index in [9.17, 15) is 4.79 Å². The molecular formula is C16H29N5O2. The summed E-state index contributed by atoms with van der Waals surface area (Å²) in [5.74, 6) is 0.0209. The smallest absolute Gasteiger partial charge is 0.238 e. The highest BCUT2D eigenvalue weighted by molar-refractivity contribution is 5.93. The monoisotopic (exact) mass is 323 g/mol. The molecule has 1 fully saturated rings. The molecule has 7 heteroatoms. The van der Waals surface area contributed by atoms with Crippen molar-refractivity contribution in [2.24, 2.45) is 0 Å². The number of ether oxygens (including phenoxy) is 1. The van der Waals surface area contributed by atoms with Gasteiger partial charge in [-0.1, -0.05) is 0 Å². The van der Waals surface area contributed by atoms with Crippen LogP contribution in [-0.4, -0.2) is 77.9 Å². The average molecular weight is 323 g/mol. The molecule has 130 valence electrons. The van der Waals surface area contributed by atoms with Crippen LogP contribution in [0, 0.1) is 13.8 Å². The third-order valence-corrected chi connectivity index (χ3v) is 4.34. The van der Waals surface area contributed by atoms with E-state index in [1.807, 2.05) is 20.8 Å². The van der Waals surface area contributed by atoms with Crippen LogP contribution in [0.2, 0.25) is 0 Å². The largest absolute Gasteiger partial charge is 0.380 e. The molecule has 1 amide bonds. The summed E-state index contributed by atoms with van der Waals surface area (Å²) < 4.78 is 5.43. The van der Waals surface area contributed by atoms with E-state index in [1.54, 1.807) is 0 Å². The van der Waals surface area contributed by atoms with Gasteiger partial charge >= 0.3 is 0 Å². The van der Waals surface area contributed by atoms with Gasteiger partial charge in [0.2, 0.25) is 5.91 Å². The van der Waals surface area contributed by atoms with Crippen molar-refractivity contribution in [1.82, 2.24) is 20.0 Å². The Kier molecular flexibility index (Phi) is 6.56. The summed E-state index contributed by atoms with van der Waals surface area (Å²) in [4.78, 5) is 16.9. The standard InChI is InChI=1S/C16H29N5O2/c1-5-23-9-8-21-7-6-20(10-12(21)2)11-15(22)17-16-13(3)18-19-14(16)4/h12H,5-11H2,1-4H3,(H,17,22)(H,18,19). The van der Waals surface area contributed by atoms with Gasteiger partial charge in [-0.25, -0.2) is 0 Å². The van der Waals surface area contributed by atoms with Gasteiger partial charge in [-0.15, -0.1) is 0 Å². The fourth-order valence-electron chi connectivity index (χ4n) is 2.99. The highest BCUT2D eigenvalue weighted by Crippen LogP contribution is 2.16. The van der Waals surface area contributed by atoms with Crippen molar-refractivity contribution < 1.29 is 9.53 Å². The Morgan fingerprint density at radius 2 is 2.22 bits per heavy atom. The Bertz CT molecular complexity index is 497. The van der Waals surface area contributed by atoms with Gasteiger partial charge in [0.25, 0.3) is 0 Å². The fourth-order valence-corrected chi connectivity index (χ4v) is 2.99. The van der Waals surface area contributed by atoms with E-state index in [2.05, 4.69) is 32.2 Å². The number of nitrogens with zero attached hydrogens (tertiary/aromatic N) is 3. The van der Waals surface area contributed by atoms with Gasteiger partial charge in [0.1, 0.15) is 0 Å². The molecule has 2 heterocycles. The maximum atomic E-state index is 12.3. The molecule has 0 aromatic carbocycles. The summed E-state index contributed by atoms with van der Waals surface area (Å²) >= 11 is 0. The molecule has 1 atom stereocenters. The van der Waals surface area contributed by atoms with E-state index in [0.717, 1.165) is 56.5 Å². The molecule has 2 N–H and O–H groups in total. The lowest BCUT2D eigenvalue weighted by Gasteiger charge is -2.39. The lowest BCUT2D eigenvalue weighted by Crippen LogP contribution is -2.54. The van der Waals surface area contributed by atoms with Gasteiger partial charge in [0.05, 0.1) is 30.2 Å². The van der Waals surface area contributed by atoms with Gasteiger partial charge in [-0.2, -0.15) is 5.10 Å². The van der Waals surface area contributed by atoms with Gasteiger partial charge < -0.3 is 10.1 Å². The van der Waals surface area contributed by atoms with Crippen LogP contribution < -0.4 is 5.32 Å². The molecule has 1 aliphatic rings. The zero-order chi connectivity index (χ0) is 16.8. The third kappa shape index (κ3) is 5.02. The molecule has 1 saturated heterocycles. The Hall–Kier alpha value is -1.44. The number of aromatic nitrogens is 2. The molecule has 1 unspecified atom stereocenters. The first-order valence-electron chi connectivity index (χ1n) is 8.36. The molecule has 0 saturated carbocycles. The van der Waals surface area contributed by atoms with E-state index in [1.165, 1.54) is 0 Å². The van der Waals surface area contributed by atoms with Crippen LogP contribution in [0.1, 0.15) is 25.2 Å². The topological polar surface area (TPSA) is 73.5 Å². The van der Waals surface area contributed by atoms with Crippen LogP contribution in [0.15, 0.2) is 0 Å². The van der Waals surface area contributed by atoms with E-state index >= 15 is 0 Å². The average Bonchev–Trinajstić information content (AvgIpc) is 2.81. The van der Waals surface area contributed by atoms with Crippen LogP contribution in [-0.2, 0) is 9.53 Å². The Labute approximate surface area is 138 Å². The van der Waals surface area contributed by atoms with E-state index in [4.69, 9.17) is 4.74 Å². The predicted molar refractivity (Wildman–Crippen MR) is 90.7 cm³/mol. The van der Waals surface area contributed by atoms with Crippen molar-refractivity contribution in [3.63, 3.8) is 0 Å². The van der Waals surface area contributed by atoms with Crippen LogP contribution in [0.3, 0.4) is 0 Å². The molecule has 0 radical (unpaired) electrons. The molecule has 1 aromatic rings. The maximum Gasteiger partial charge on any atom is 0.238 e. The van der Waals surface area contributed by atoms with Crippen molar-refractivity contribution in [1.29, 1.82) is 0 Å². The number of hydrogen-bond acceptors (Lipinski definition) is 5. The first-order valence-corrected chi connectivity index (χ1v) is 8.36. The molecule has 0 aliphatic carbocycles.